The predicted octanol–water partition coefficient (Wildman–Crippen LogP) is 12.8. The average molecular weight is 602 g/mol. The van der Waals surface area contributed by atoms with Gasteiger partial charge in [-0.15, -0.1) is 11.3 Å². The van der Waals surface area contributed by atoms with Crippen molar-refractivity contribution in [3.05, 3.63) is 164 Å². The lowest BCUT2D eigenvalue weighted by molar-refractivity contribution is 1.19. The third kappa shape index (κ3) is 3.68. The minimum atomic E-state index is 1.17. The summed E-state index contributed by atoms with van der Waals surface area (Å²) in [6.45, 7) is 0. The van der Waals surface area contributed by atoms with Crippen molar-refractivity contribution in [2.75, 3.05) is 0 Å². The van der Waals surface area contributed by atoms with Crippen molar-refractivity contribution in [3.8, 4) is 27.9 Å². The highest BCUT2D eigenvalue weighted by Crippen LogP contribution is 2.48. The van der Waals surface area contributed by atoms with E-state index in [1.165, 1.54) is 91.5 Å². The maximum absolute atomic E-state index is 2.51. The average Bonchev–Trinajstić information content (AvgIpc) is 3.68. The van der Waals surface area contributed by atoms with Crippen LogP contribution in [0, 0.1) is 0 Å². The molecule has 2 heteroatoms. The molecule has 0 aliphatic rings. The maximum Gasteiger partial charge on any atom is 0.0726 e. The summed E-state index contributed by atoms with van der Waals surface area (Å²) < 4.78 is 5.17. The van der Waals surface area contributed by atoms with Crippen LogP contribution < -0.4 is 0 Å². The molecule has 2 heterocycles. The molecule has 0 fully saturated rings. The van der Waals surface area contributed by atoms with Crippen molar-refractivity contribution in [2.24, 2.45) is 0 Å². The van der Waals surface area contributed by atoms with E-state index in [0.29, 0.717) is 0 Å². The summed E-state index contributed by atoms with van der Waals surface area (Å²) >= 11 is 1.91. The fourth-order valence-electron chi connectivity index (χ4n) is 7.52. The van der Waals surface area contributed by atoms with Crippen molar-refractivity contribution in [1.82, 2.24) is 4.57 Å². The summed E-state index contributed by atoms with van der Waals surface area (Å²) in [6, 6.07) is 60.0. The molecule has 1 nitrogen and oxygen atoms in total. The molecular formula is C44H27NS. The number of hydrogen-bond acceptors (Lipinski definition) is 1. The van der Waals surface area contributed by atoms with Gasteiger partial charge in [0.1, 0.15) is 0 Å². The molecular weight excluding hydrogens is 575 g/mol. The van der Waals surface area contributed by atoms with Gasteiger partial charge in [0.15, 0.2) is 0 Å². The van der Waals surface area contributed by atoms with E-state index in [2.05, 4.69) is 168 Å². The van der Waals surface area contributed by atoms with Crippen molar-refractivity contribution in [2.45, 2.75) is 0 Å². The van der Waals surface area contributed by atoms with E-state index >= 15 is 0 Å². The molecule has 0 radical (unpaired) electrons. The van der Waals surface area contributed by atoms with E-state index in [4.69, 9.17) is 0 Å². The van der Waals surface area contributed by atoms with E-state index in [0.717, 1.165) is 0 Å². The van der Waals surface area contributed by atoms with Gasteiger partial charge in [0, 0.05) is 31.9 Å². The number of nitrogens with zero attached hydrogens (tertiary/aromatic N) is 1. The van der Waals surface area contributed by atoms with E-state index < -0.39 is 0 Å². The van der Waals surface area contributed by atoms with Crippen molar-refractivity contribution in [1.29, 1.82) is 0 Å². The molecule has 0 amide bonds. The van der Waals surface area contributed by atoms with Gasteiger partial charge < -0.3 is 4.57 Å². The van der Waals surface area contributed by atoms with Gasteiger partial charge in [0.05, 0.1) is 15.7 Å². The van der Waals surface area contributed by atoms with Crippen LogP contribution in [0.4, 0.5) is 0 Å². The normalized spacial score (nSPS) is 11.9. The Morgan fingerprint density at radius 2 is 1.04 bits per heavy atom. The maximum atomic E-state index is 2.51. The molecule has 0 N–H and O–H groups in total. The number of thiophene rings is 1. The first-order valence-electron chi connectivity index (χ1n) is 15.8. The van der Waals surface area contributed by atoms with Gasteiger partial charge in [0.2, 0.25) is 0 Å². The first-order chi connectivity index (χ1) is 22.8. The van der Waals surface area contributed by atoms with Crippen LogP contribution in [0.15, 0.2) is 164 Å². The SMILES string of the molecule is c1ccc(-c2ccc(-n3c4ccc(-c5cccc6ccccc56)cc4c4c5ccccc5c5c6ccccc6sc5c43)cc2)cc1. The van der Waals surface area contributed by atoms with E-state index in [1.807, 2.05) is 11.3 Å². The van der Waals surface area contributed by atoms with Gasteiger partial charge in [-0.1, -0.05) is 133 Å². The van der Waals surface area contributed by atoms with Gasteiger partial charge >= 0.3 is 0 Å². The Hall–Kier alpha value is -5.70. The fourth-order valence-corrected chi connectivity index (χ4v) is 8.78. The Kier molecular flexibility index (Phi) is 5.51. The van der Waals surface area contributed by atoms with Crippen LogP contribution in [-0.2, 0) is 0 Å². The zero-order chi connectivity index (χ0) is 30.2. The number of rotatable bonds is 3. The Labute approximate surface area is 270 Å². The Bertz CT molecular complexity index is 2780. The molecule has 0 saturated carbocycles. The predicted molar refractivity (Wildman–Crippen MR) is 200 cm³/mol. The highest BCUT2D eigenvalue weighted by atomic mass is 32.1. The van der Waals surface area contributed by atoms with Crippen LogP contribution in [0.25, 0.3) is 91.5 Å². The lowest BCUT2D eigenvalue weighted by Crippen LogP contribution is -1.94. The topological polar surface area (TPSA) is 4.93 Å². The van der Waals surface area contributed by atoms with E-state index in [9.17, 15) is 0 Å². The molecule has 10 rings (SSSR count). The summed E-state index contributed by atoms with van der Waals surface area (Å²) in [5.74, 6) is 0. The summed E-state index contributed by atoms with van der Waals surface area (Å²) in [6.07, 6.45) is 0. The second kappa shape index (κ2) is 9.90. The fraction of sp³-hybridized carbons (Fsp3) is 0. The van der Waals surface area contributed by atoms with Gasteiger partial charge in [-0.25, -0.2) is 0 Å². The van der Waals surface area contributed by atoms with Crippen LogP contribution in [0.3, 0.4) is 0 Å². The quantitative estimate of drug-likeness (QED) is 0.190. The third-order valence-corrected chi connectivity index (χ3v) is 10.8. The first-order valence-corrected chi connectivity index (χ1v) is 16.6. The molecule has 8 aromatic carbocycles. The molecule has 0 aliphatic heterocycles. The Morgan fingerprint density at radius 3 is 1.87 bits per heavy atom. The standard InChI is InChI=1S/C44H27NS/c1-2-11-28(12-3-1)29-21-24-32(25-22-29)45-39-26-23-31(34-19-10-14-30-13-4-5-15-33(30)34)27-38(39)41-35-16-6-7-17-36(35)42-37-18-8-9-20-40(37)46-44(42)43(41)45/h1-27H. The Balaban J connectivity index is 1.36. The van der Waals surface area contributed by atoms with Crippen LogP contribution >= 0.6 is 11.3 Å². The lowest BCUT2D eigenvalue weighted by Gasteiger charge is -2.11. The summed E-state index contributed by atoms with van der Waals surface area (Å²) in [4.78, 5) is 0. The van der Waals surface area contributed by atoms with Crippen LogP contribution in [0.5, 0.6) is 0 Å². The second-order valence-electron chi connectivity index (χ2n) is 12.1. The molecule has 0 atom stereocenters. The van der Waals surface area contributed by atoms with Gasteiger partial charge in [-0.05, 0) is 74.1 Å². The Morgan fingerprint density at radius 1 is 0.413 bits per heavy atom. The molecule has 46 heavy (non-hydrogen) atoms. The zero-order valence-corrected chi connectivity index (χ0v) is 25.8. The van der Waals surface area contributed by atoms with Crippen LogP contribution in [0.1, 0.15) is 0 Å². The van der Waals surface area contributed by atoms with Gasteiger partial charge in [-0.2, -0.15) is 0 Å². The summed E-state index contributed by atoms with van der Waals surface area (Å²) in [5, 5.41) is 10.4. The molecule has 0 saturated heterocycles. The largest absolute Gasteiger partial charge is 0.308 e. The zero-order valence-electron chi connectivity index (χ0n) is 24.9. The highest BCUT2D eigenvalue weighted by Gasteiger charge is 2.22. The molecule has 0 bridgehead atoms. The highest BCUT2D eigenvalue weighted by molar-refractivity contribution is 7.27. The minimum Gasteiger partial charge on any atom is -0.308 e. The molecule has 0 unspecified atom stereocenters. The second-order valence-corrected chi connectivity index (χ2v) is 13.1. The minimum absolute atomic E-state index is 1.17. The number of benzene rings is 8. The van der Waals surface area contributed by atoms with Gasteiger partial charge in [-0.3, -0.25) is 0 Å². The van der Waals surface area contributed by atoms with E-state index in [-0.39, 0.29) is 0 Å². The number of aromatic nitrogens is 1. The molecule has 0 spiro atoms. The lowest BCUT2D eigenvalue weighted by atomic mass is 9.95. The van der Waals surface area contributed by atoms with Crippen molar-refractivity contribution < 1.29 is 0 Å². The van der Waals surface area contributed by atoms with Crippen LogP contribution in [-0.4, -0.2) is 4.57 Å². The number of fused-ring (bicyclic) bond motifs is 11. The van der Waals surface area contributed by atoms with Crippen molar-refractivity contribution in [3.63, 3.8) is 0 Å². The molecule has 2 aromatic heterocycles. The smallest absolute Gasteiger partial charge is 0.0726 e. The van der Waals surface area contributed by atoms with Crippen molar-refractivity contribution >= 4 is 74.9 Å². The molecule has 214 valence electrons. The number of hydrogen-bond donors (Lipinski definition) is 0. The van der Waals surface area contributed by atoms with Gasteiger partial charge in [0.25, 0.3) is 0 Å². The van der Waals surface area contributed by atoms with E-state index in [1.54, 1.807) is 0 Å². The first kappa shape index (κ1) is 25.6. The summed E-state index contributed by atoms with van der Waals surface area (Å²) in [5.41, 5.74) is 8.64. The van der Waals surface area contributed by atoms with Crippen LogP contribution in [0.2, 0.25) is 0 Å². The molecule has 10 aromatic rings. The summed E-state index contributed by atoms with van der Waals surface area (Å²) in [7, 11) is 0. The third-order valence-electron chi connectivity index (χ3n) is 9.58. The molecule has 0 aliphatic carbocycles. The monoisotopic (exact) mass is 601 g/mol.